The van der Waals surface area contributed by atoms with Gasteiger partial charge in [-0.25, -0.2) is 13.4 Å². The van der Waals surface area contributed by atoms with Gasteiger partial charge in [0.2, 0.25) is 0 Å². The fourth-order valence-electron chi connectivity index (χ4n) is 2.68. The molecule has 0 amide bonds. The SMILES string of the molecule is Cc1ccccc1S(=O)(=O)Nc1ccc(N(C)Cc2ccccc2)nc1. The lowest BCUT2D eigenvalue weighted by molar-refractivity contribution is 0.600. The van der Waals surface area contributed by atoms with Crippen LogP contribution in [-0.2, 0) is 16.6 Å². The van der Waals surface area contributed by atoms with Crippen molar-refractivity contribution in [2.75, 3.05) is 16.7 Å². The summed E-state index contributed by atoms with van der Waals surface area (Å²) in [6.07, 6.45) is 1.53. The van der Waals surface area contributed by atoms with Crippen molar-refractivity contribution < 1.29 is 8.42 Å². The average molecular weight is 367 g/mol. The Kier molecular flexibility index (Phi) is 5.23. The van der Waals surface area contributed by atoms with Crippen molar-refractivity contribution in [3.05, 3.63) is 84.1 Å². The number of aryl methyl sites for hydroxylation is 1. The molecule has 5 nitrogen and oxygen atoms in total. The molecule has 0 aliphatic heterocycles. The summed E-state index contributed by atoms with van der Waals surface area (Å²) in [6, 6.07) is 20.5. The Morgan fingerprint density at radius 1 is 0.962 bits per heavy atom. The monoisotopic (exact) mass is 367 g/mol. The lowest BCUT2D eigenvalue weighted by Gasteiger charge is -2.18. The second kappa shape index (κ2) is 7.58. The summed E-state index contributed by atoms with van der Waals surface area (Å²) in [6.45, 7) is 2.50. The van der Waals surface area contributed by atoms with Crippen molar-refractivity contribution in [2.45, 2.75) is 18.4 Å². The van der Waals surface area contributed by atoms with Gasteiger partial charge in [0, 0.05) is 13.6 Å². The molecule has 6 heteroatoms. The molecule has 26 heavy (non-hydrogen) atoms. The molecule has 2 aromatic carbocycles. The number of anilines is 2. The summed E-state index contributed by atoms with van der Waals surface area (Å²) in [5, 5.41) is 0. The molecule has 134 valence electrons. The number of aromatic nitrogens is 1. The van der Waals surface area contributed by atoms with Gasteiger partial charge in [0.05, 0.1) is 16.8 Å². The van der Waals surface area contributed by atoms with E-state index < -0.39 is 10.0 Å². The van der Waals surface area contributed by atoms with Gasteiger partial charge in [0.15, 0.2) is 0 Å². The number of pyridine rings is 1. The Morgan fingerprint density at radius 2 is 1.65 bits per heavy atom. The van der Waals surface area contributed by atoms with Crippen molar-refractivity contribution in [2.24, 2.45) is 0 Å². The topological polar surface area (TPSA) is 62.3 Å². The molecule has 0 radical (unpaired) electrons. The largest absolute Gasteiger partial charge is 0.355 e. The number of nitrogens with one attached hydrogen (secondary N) is 1. The van der Waals surface area contributed by atoms with Crippen LogP contribution >= 0.6 is 0 Å². The standard InChI is InChI=1S/C20H21N3O2S/c1-16-8-6-7-11-19(16)26(24,25)22-18-12-13-20(21-14-18)23(2)15-17-9-4-3-5-10-17/h3-14,22H,15H2,1-2H3. The lowest BCUT2D eigenvalue weighted by Crippen LogP contribution is -2.18. The summed E-state index contributed by atoms with van der Waals surface area (Å²) in [5.74, 6) is 0.771. The normalized spacial score (nSPS) is 11.2. The van der Waals surface area contributed by atoms with Crippen LogP contribution in [0.3, 0.4) is 0 Å². The minimum absolute atomic E-state index is 0.269. The molecule has 0 saturated carbocycles. The lowest BCUT2D eigenvalue weighted by atomic mass is 10.2. The molecule has 1 N–H and O–H groups in total. The van der Waals surface area contributed by atoms with Gasteiger partial charge in [-0.3, -0.25) is 4.72 Å². The van der Waals surface area contributed by atoms with Crippen LogP contribution in [0.15, 0.2) is 77.8 Å². The maximum Gasteiger partial charge on any atom is 0.262 e. The van der Waals surface area contributed by atoms with Crippen LogP contribution in [0.2, 0.25) is 0 Å². The van der Waals surface area contributed by atoms with Crippen molar-refractivity contribution in [3.8, 4) is 0 Å². The van der Waals surface area contributed by atoms with E-state index in [1.165, 1.54) is 11.8 Å². The van der Waals surface area contributed by atoms with Gasteiger partial charge in [-0.2, -0.15) is 0 Å². The number of nitrogens with zero attached hydrogens (tertiary/aromatic N) is 2. The Balaban J connectivity index is 1.72. The second-order valence-electron chi connectivity index (χ2n) is 6.12. The molecule has 3 aromatic rings. The van der Waals surface area contributed by atoms with Gasteiger partial charge in [0.1, 0.15) is 5.82 Å². The van der Waals surface area contributed by atoms with E-state index in [1.54, 1.807) is 37.3 Å². The third-order valence-corrected chi connectivity index (χ3v) is 5.58. The molecular weight excluding hydrogens is 346 g/mol. The van der Waals surface area contributed by atoms with E-state index in [0.29, 0.717) is 11.3 Å². The fourth-order valence-corrected chi connectivity index (χ4v) is 3.97. The highest BCUT2D eigenvalue weighted by Gasteiger charge is 2.16. The fraction of sp³-hybridized carbons (Fsp3) is 0.150. The van der Waals surface area contributed by atoms with Gasteiger partial charge in [-0.05, 0) is 36.2 Å². The molecular formula is C20H21N3O2S. The molecule has 0 atom stereocenters. The zero-order valence-corrected chi connectivity index (χ0v) is 15.6. The molecule has 0 aliphatic carbocycles. The molecule has 0 unspecified atom stereocenters. The Labute approximate surface area is 154 Å². The van der Waals surface area contributed by atoms with Gasteiger partial charge >= 0.3 is 0 Å². The first-order chi connectivity index (χ1) is 12.5. The van der Waals surface area contributed by atoms with E-state index in [0.717, 1.165) is 12.4 Å². The Bertz CT molecular complexity index is 971. The van der Waals surface area contributed by atoms with Crippen molar-refractivity contribution in [3.63, 3.8) is 0 Å². The first-order valence-electron chi connectivity index (χ1n) is 8.25. The number of benzene rings is 2. The maximum absolute atomic E-state index is 12.5. The van der Waals surface area contributed by atoms with Crippen LogP contribution in [-0.4, -0.2) is 20.4 Å². The molecule has 0 fully saturated rings. The summed E-state index contributed by atoms with van der Waals surface area (Å²) in [4.78, 5) is 6.65. The quantitative estimate of drug-likeness (QED) is 0.719. The smallest absolute Gasteiger partial charge is 0.262 e. The average Bonchev–Trinajstić information content (AvgIpc) is 2.63. The van der Waals surface area contributed by atoms with Gasteiger partial charge in [0.25, 0.3) is 10.0 Å². The van der Waals surface area contributed by atoms with E-state index in [4.69, 9.17) is 0 Å². The summed E-state index contributed by atoms with van der Waals surface area (Å²) in [5.41, 5.74) is 2.32. The van der Waals surface area contributed by atoms with Crippen molar-refractivity contribution in [1.82, 2.24) is 4.98 Å². The first-order valence-corrected chi connectivity index (χ1v) is 9.73. The Hall–Kier alpha value is -2.86. The molecule has 3 rings (SSSR count). The van der Waals surface area contributed by atoms with Crippen molar-refractivity contribution in [1.29, 1.82) is 0 Å². The van der Waals surface area contributed by atoms with Crippen LogP contribution in [0.25, 0.3) is 0 Å². The molecule has 0 aliphatic rings. The van der Waals surface area contributed by atoms with Crippen LogP contribution in [0.5, 0.6) is 0 Å². The van der Waals surface area contributed by atoms with E-state index >= 15 is 0 Å². The van der Waals surface area contributed by atoms with E-state index in [9.17, 15) is 8.42 Å². The van der Waals surface area contributed by atoms with Crippen LogP contribution in [0, 0.1) is 6.92 Å². The molecule has 1 aromatic heterocycles. The zero-order chi connectivity index (χ0) is 18.6. The van der Waals surface area contributed by atoms with E-state index in [-0.39, 0.29) is 4.90 Å². The highest BCUT2D eigenvalue weighted by Crippen LogP contribution is 2.20. The minimum Gasteiger partial charge on any atom is -0.355 e. The van der Waals surface area contributed by atoms with Crippen LogP contribution in [0.1, 0.15) is 11.1 Å². The van der Waals surface area contributed by atoms with Crippen LogP contribution < -0.4 is 9.62 Å². The summed E-state index contributed by atoms with van der Waals surface area (Å²) >= 11 is 0. The van der Waals surface area contributed by atoms with Gasteiger partial charge < -0.3 is 4.90 Å². The summed E-state index contributed by atoms with van der Waals surface area (Å²) < 4.78 is 27.6. The second-order valence-corrected chi connectivity index (χ2v) is 7.77. The number of sulfonamides is 1. The molecule has 0 spiro atoms. The highest BCUT2D eigenvalue weighted by molar-refractivity contribution is 7.92. The predicted octanol–water partition coefficient (Wildman–Crippen LogP) is 3.83. The third kappa shape index (κ3) is 4.21. The predicted molar refractivity (Wildman–Crippen MR) is 105 cm³/mol. The number of hydrogen-bond acceptors (Lipinski definition) is 4. The molecule has 0 bridgehead atoms. The highest BCUT2D eigenvalue weighted by atomic mass is 32.2. The number of rotatable bonds is 6. The number of hydrogen-bond donors (Lipinski definition) is 1. The molecule has 1 heterocycles. The summed E-state index contributed by atoms with van der Waals surface area (Å²) in [7, 11) is -1.68. The molecule has 0 saturated heterocycles. The first kappa shape index (κ1) is 17.9. The maximum atomic E-state index is 12.5. The third-order valence-electron chi connectivity index (χ3n) is 4.04. The van der Waals surface area contributed by atoms with E-state index in [1.807, 2.05) is 36.2 Å². The van der Waals surface area contributed by atoms with Gasteiger partial charge in [-0.1, -0.05) is 48.5 Å². The van der Waals surface area contributed by atoms with Gasteiger partial charge in [-0.15, -0.1) is 0 Å². The van der Waals surface area contributed by atoms with Crippen LogP contribution in [0.4, 0.5) is 11.5 Å². The van der Waals surface area contributed by atoms with Crippen molar-refractivity contribution >= 4 is 21.5 Å². The van der Waals surface area contributed by atoms with E-state index in [2.05, 4.69) is 21.8 Å². The Morgan fingerprint density at radius 3 is 2.31 bits per heavy atom. The zero-order valence-electron chi connectivity index (χ0n) is 14.8. The minimum atomic E-state index is -3.63.